The molecule has 42 heavy (non-hydrogen) atoms. The van der Waals surface area contributed by atoms with E-state index in [-0.39, 0.29) is 38.0 Å². The van der Waals surface area contributed by atoms with E-state index in [0.717, 1.165) is 13.1 Å². The Hall–Kier alpha value is -3.83. The molecule has 2 aliphatic rings. The van der Waals surface area contributed by atoms with Crippen LogP contribution in [0.25, 0.3) is 0 Å². The molecule has 2 saturated heterocycles. The van der Waals surface area contributed by atoms with Crippen LogP contribution in [0.4, 0.5) is 0 Å². The van der Waals surface area contributed by atoms with E-state index in [0.29, 0.717) is 39.1 Å². The van der Waals surface area contributed by atoms with Gasteiger partial charge in [-0.1, -0.05) is 49.9 Å². The first-order chi connectivity index (χ1) is 20.4. The zero-order valence-corrected chi connectivity index (χ0v) is 25.4. The quantitative estimate of drug-likeness (QED) is 0.145. The van der Waals surface area contributed by atoms with E-state index in [1.54, 1.807) is 12.0 Å². The van der Waals surface area contributed by atoms with Gasteiger partial charge in [0.25, 0.3) is 6.47 Å². The molecule has 0 aliphatic carbocycles. The summed E-state index contributed by atoms with van der Waals surface area (Å²) in [6, 6.07) is 12.3. The molecule has 2 N–H and O–H groups in total. The molecule has 0 aromatic heterocycles. The Balaban J connectivity index is 0.000000685. The summed E-state index contributed by atoms with van der Waals surface area (Å²) in [5.41, 5.74) is 1.33. The molecule has 1 unspecified atom stereocenters. The van der Waals surface area contributed by atoms with Crippen molar-refractivity contribution in [2.45, 2.75) is 32.5 Å². The number of amides is 3. The Kier molecular flexibility index (Phi) is 22.7. The molecule has 2 fully saturated rings. The number of hydrogen-bond donors (Lipinski definition) is 2. The van der Waals surface area contributed by atoms with Gasteiger partial charge in [0.1, 0.15) is 25.9 Å². The number of nitriles is 1. The lowest BCUT2D eigenvalue weighted by Crippen LogP contribution is -2.71. The van der Waals surface area contributed by atoms with Crippen molar-refractivity contribution in [1.82, 2.24) is 30.5 Å². The van der Waals surface area contributed by atoms with Gasteiger partial charge in [-0.15, -0.1) is 0 Å². The summed E-state index contributed by atoms with van der Waals surface area (Å²) in [5, 5.41) is 17.7. The lowest BCUT2D eigenvalue weighted by molar-refractivity contribution is -0.191. The third-order valence-electron chi connectivity index (χ3n) is 5.82. The fraction of sp³-hybridized carbons (Fsp3) is 0.552. The van der Waals surface area contributed by atoms with Gasteiger partial charge < -0.3 is 29.9 Å². The molecular formula is C29H47N7O6. The van der Waals surface area contributed by atoms with Crippen molar-refractivity contribution >= 4 is 24.7 Å². The standard InChI is InChI=1S/C13H19N5O4.C8H11N.C4H11N.C4H6O2/c1-22-6-2-4-15-7-11-17(9-12(15)20)13(21)8-16(5-3-14)18(11)10-19;1-9-7-8-5-3-2-4-6-8;1-3-4-5-2;1-2-3-6-4-5/h10-11H,2,4-9H2,1H3;2-6,9H,7H2,1H3;5H,3-4H2,1-2H3;2,4H,1,3H2. The number of rotatable bonds is 13. The number of hydrazine groups is 1. The maximum absolute atomic E-state index is 12.1. The summed E-state index contributed by atoms with van der Waals surface area (Å²) >= 11 is 0. The normalized spacial score (nSPS) is 15.8. The molecule has 13 nitrogen and oxygen atoms in total. The minimum absolute atomic E-state index is 0.0405. The Morgan fingerprint density at radius 1 is 1.12 bits per heavy atom. The first-order valence-corrected chi connectivity index (χ1v) is 13.8. The molecule has 1 aromatic rings. The largest absolute Gasteiger partial charge is 0.464 e. The summed E-state index contributed by atoms with van der Waals surface area (Å²) in [5.74, 6) is -0.386. The number of hydrogen-bond acceptors (Lipinski definition) is 10. The van der Waals surface area contributed by atoms with Gasteiger partial charge in [0.15, 0.2) is 0 Å². The van der Waals surface area contributed by atoms with Crippen LogP contribution in [0.2, 0.25) is 0 Å². The van der Waals surface area contributed by atoms with Crippen LogP contribution in [0.15, 0.2) is 43.0 Å². The average Bonchev–Trinajstić information content (AvgIpc) is 2.99. The minimum atomic E-state index is -0.549. The molecule has 2 heterocycles. The summed E-state index contributed by atoms with van der Waals surface area (Å²) in [6.45, 7) is 9.39. The predicted octanol–water partition coefficient (Wildman–Crippen LogP) is 0.600. The van der Waals surface area contributed by atoms with Gasteiger partial charge in [0.05, 0.1) is 19.2 Å². The highest BCUT2D eigenvalue weighted by atomic mass is 16.5. The van der Waals surface area contributed by atoms with Gasteiger partial charge in [-0.25, -0.2) is 0 Å². The van der Waals surface area contributed by atoms with Crippen LogP contribution in [-0.2, 0) is 35.2 Å². The summed E-state index contributed by atoms with van der Waals surface area (Å²) in [6.07, 6.45) is 3.48. The van der Waals surface area contributed by atoms with Crippen molar-refractivity contribution in [2.75, 3.05) is 73.7 Å². The zero-order chi connectivity index (χ0) is 31.6. The number of benzene rings is 1. The van der Waals surface area contributed by atoms with Crippen LogP contribution in [0, 0.1) is 11.3 Å². The molecule has 1 aromatic carbocycles. The van der Waals surface area contributed by atoms with Crippen molar-refractivity contribution in [3.05, 3.63) is 48.6 Å². The van der Waals surface area contributed by atoms with E-state index in [4.69, 9.17) is 10.00 Å². The Morgan fingerprint density at radius 3 is 2.31 bits per heavy atom. The third kappa shape index (κ3) is 15.2. The first kappa shape index (κ1) is 38.2. The molecule has 0 saturated carbocycles. The highest BCUT2D eigenvalue weighted by molar-refractivity contribution is 5.88. The van der Waals surface area contributed by atoms with E-state index < -0.39 is 6.17 Å². The SMILES string of the molecule is C=CCOC=O.CCCNC.CNCc1ccccc1.COCCCN1CC2N(CC1=O)C(=O)CN(CC#N)N2C=O. The Morgan fingerprint density at radius 2 is 1.83 bits per heavy atom. The van der Waals surface area contributed by atoms with E-state index in [1.807, 2.05) is 38.4 Å². The molecule has 234 valence electrons. The molecule has 1 atom stereocenters. The van der Waals surface area contributed by atoms with Crippen LogP contribution in [0.5, 0.6) is 0 Å². The number of nitrogens with zero attached hydrogens (tertiary/aromatic N) is 5. The second-order valence-electron chi connectivity index (χ2n) is 8.99. The van der Waals surface area contributed by atoms with Crippen molar-refractivity contribution in [1.29, 1.82) is 5.26 Å². The number of methoxy groups -OCH3 is 1. The topological polar surface area (TPSA) is 148 Å². The monoisotopic (exact) mass is 589 g/mol. The molecule has 0 spiro atoms. The zero-order valence-electron chi connectivity index (χ0n) is 25.4. The average molecular weight is 590 g/mol. The van der Waals surface area contributed by atoms with Gasteiger partial charge in [0, 0.05) is 26.8 Å². The van der Waals surface area contributed by atoms with E-state index in [2.05, 4.69) is 41.0 Å². The molecule has 2 aliphatic heterocycles. The number of fused-ring (bicyclic) bond motifs is 1. The van der Waals surface area contributed by atoms with Crippen molar-refractivity contribution < 1.29 is 28.7 Å². The smallest absolute Gasteiger partial charge is 0.293 e. The molecule has 0 radical (unpaired) electrons. The van der Waals surface area contributed by atoms with Crippen LogP contribution in [0.3, 0.4) is 0 Å². The van der Waals surface area contributed by atoms with Crippen LogP contribution in [0.1, 0.15) is 25.3 Å². The predicted molar refractivity (Wildman–Crippen MR) is 159 cm³/mol. The lowest BCUT2D eigenvalue weighted by Gasteiger charge is -2.50. The van der Waals surface area contributed by atoms with Crippen molar-refractivity contribution in [3.8, 4) is 6.07 Å². The maximum Gasteiger partial charge on any atom is 0.293 e. The second-order valence-corrected chi connectivity index (χ2v) is 8.99. The molecular weight excluding hydrogens is 542 g/mol. The van der Waals surface area contributed by atoms with E-state index in [9.17, 15) is 19.2 Å². The highest BCUT2D eigenvalue weighted by Crippen LogP contribution is 2.20. The minimum Gasteiger partial charge on any atom is -0.464 e. The molecule has 13 heteroatoms. The first-order valence-electron chi connectivity index (χ1n) is 13.8. The lowest BCUT2D eigenvalue weighted by atomic mass is 10.2. The fourth-order valence-corrected chi connectivity index (χ4v) is 3.88. The second kappa shape index (κ2) is 24.9. The molecule has 3 amide bonds. The summed E-state index contributed by atoms with van der Waals surface area (Å²) in [4.78, 5) is 47.9. The van der Waals surface area contributed by atoms with Crippen molar-refractivity contribution in [2.24, 2.45) is 0 Å². The van der Waals surface area contributed by atoms with E-state index >= 15 is 0 Å². The van der Waals surface area contributed by atoms with Gasteiger partial charge in [0.2, 0.25) is 18.2 Å². The summed E-state index contributed by atoms with van der Waals surface area (Å²) in [7, 11) is 5.50. The molecule has 3 rings (SSSR count). The summed E-state index contributed by atoms with van der Waals surface area (Å²) < 4.78 is 9.15. The Labute approximate surface area is 250 Å². The van der Waals surface area contributed by atoms with Crippen molar-refractivity contribution in [3.63, 3.8) is 0 Å². The third-order valence-corrected chi connectivity index (χ3v) is 5.82. The van der Waals surface area contributed by atoms with Gasteiger partial charge in [-0.3, -0.25) is 24.2 Å². The van der Waals surface area contributed by atoms with Crippen LogP contribution < -0.4 is 10.6 Å². The Bertz CT molecular complexity index is 934. The van der Waals surface area contributed by atoms with Gasteiger partial charge >= 0.3 is 0 Å². The number of carbonyl (C=O) groups is 4. The fourth-order valence-electron chi connectivity index (χ4n) is 3.88. The van der Waals surface area contributed by atoms with Gasteiger partial charge in [-0.2, -0.15) is 10.3 Å². The van der Waals surface area contributed by atoms with Gasteiger partial charge in [-0.05, 0) is 39.0 Å². The van der Waals surface area contributed by atoms with Crippen LogP contribution >= 0.6 is 0 Å². The number of ether oxygens (including phenoxy) is 2. The molecule has 0 bridgehead atoms. The van der Waals surface area contributed by atoms with E-state index in [1.165, 1.54) is 33.0 Å². The van der Waals surface area contributed by atoms with Crippen LogP contribution in [-0.4, -0.2) is 124 Å². The number of carbonyl (C=O) groups excluding carboxylic acids is 4. The number of piperazine rings is 1. The highest BCUT2D eigenvalue weighted by Gasteiger charge is 2.43. The number of nitrogens with one attached hydrogen (secondary N) is 2. The maximum atomic E-state index is 12.1.